The summed E-state index contributed by atoms with van der Waals surface area (Å²) < 4.78 is 0. The van der Waals surface area contributed by atoms with E-state index in [2.05, 4.69) is 121 Å². The first-order valence-corrected chi connectivity index (χ1v) is 12.5. The fourth-order valence-corrected chi connectivity index (χ4v) is 10.0. The molecule has 0 aromatic heterocycles. The molecule has 0 saturated heterocycles. The van der Waals surface area contributed by atoms with E-state index in [0.717, 1.165) is 6.16 Å². The van der Waals surface area contributed by atoms with Crippen LogP contribution in [0.1, 0.15) is 5.56 Å². The zero-order valence-electron chi connectivity index (χ0n) is 15.1. The van der Waals surface area contributed by atoms with Crippen molar-refractivity contribution in [2.45, 2.75) is 6.16 Å². The second-order valence-electron chi connectivity index (χ2n) is 6.83. The first kappa shape index (κ1) is 18.0. The van der Waals surface area contributed by atoms with Crippen LogP contribution in [0.2, 0.25) is 0 Å². The van der Waals surface area contributed by atoms with Gasteiger partial charge >= 0.3 is 166 Å². The van der Waals surface area contributed by atoms with Crippen molar-refractivity contribution in [1.29, 1.82) is 0 Å². The molecule has 0 nitrogen and oxygen atoms in total. The Morgan fingerprint density at radius 2 is 0.741 bits per heavy atom. The zero-order chi connectivity index (χ0) is 18.6. The van der Waals surface area contributed by atoms with Crippen LogP contribution in [0.25, 0.3) is 0 Å². The van der Waals surface area contributed by atoms with Crippen LogP contribution < -0.4 is 15.9 Å². The monoisotopic (exact) mass is 388 g/mol. The second-order valence-corrected chi connectivity index (χ2v) is 13.3. The van der Waals surface area contributed by atoms with E-state index in [1.807, 2.05) is 0 Å². The minimum atomic E-state index is -3.21. The van der Waals surface area contributed by atoms with Crippen molar-refractivity contribution in [2.24, 2.45) is 0 Å². The molecule has 0 amide bonds. The number of hydrogen-bond acceptors (Lipinski definition) is 0. The third kappa shape index (κ3) is 3.10. The normalized spacial score (nSPS) is 12.9. The van der Waals surface area contributed by atoms with Gasteiger partial charge in [-0.3, -0.25) is 0 Å². The summed E-state index contributed by atoms with van der Waals surface area (Å²) in [6.07, 6.45) is 0.784. The van der Waals surface area contributed by atoms with Gasteiger partial charge in [-0.15, -0.1) is 0 Å². The molecule has 0 atom stereocenters. The Balaban J connectivity index is 2.09. The molecular formula is C25H22ClP. The van der Waals surface area contributed by atoms with Gasteiger partial charge in [0.05, 0.1) is 0 Å². The van der Waals surface area contributed by atoms with Crippen molar-refractivity contribution in [2.75, 3.05) is 0 Å². The van der Waals surface area contributed by atoms with E-state index in [4.69, 9.17) is 11.2 Å². The van der Waals surface area contributed by atoms with Crippen LogP contribution in [-0.2, 0) is 6.16 Å². The van der Waals surface area contributed by atoms with E-state index in [1.54, 1.807) is 0 Å². The molecular weight excluding hydrogens is 367 g/mol. The van der Waals surface area contributed by atoms with Gasteiger partial charge in [0.15, 0.2) is 0 Å². The molecule has 0 aliphatic carbocycles. The SMILES string of the molecule is ClP(Cc1ccccc1)(c1ccccc1)(c1ccccc1)c1ccccc1. The standard InChI is InChI=1S/C25H22ClP/c26-27(23-15-7-2-8-16-23,24-17-9-3-10-18-24,25-19-11-4-12-20-25)21-22-13-5-1-6-14-22/h1-20H,21H2. The average molecular weight is 389 g/mol. The predicted molar refractivity (Wildman–Crippen MR) is 121 cm³/mol. The first-order valence-electron chi connectivity index (χ1n) is 9.15. The molecule has 4 rings (SSSR count). The van der Waals surface area contributed by atoms with Gasteiger partial charge in [-0.1, -0.05) is 0 Å². The number of hydrogen-bond donors (Lipinski definition) is 0. The molecule has 0 spiro atoms. The van der Waals surface area contributed by atoms with Crippen LogP contribution in [0.5, 0.6) is 0 Å². The Bertz CT molecular complexity index is 900. The Labute approximate surface area is 166 Å². The topological polar surface area (TPSA) is 0 Å². The van der Waals surface area contributed by atoms with Gasteiger partial charge in [-0.05, 0) is 0 Å². The Kier molecular flexibility index (Phi) is 4.87. The number of rotatable bonds is 5. The summed E-state index contributed by atoms with van der Waals surface area (Å²) in [5.74, 6) is -3.21. The van der Waals surface area contributed by atoms with Crippen LogP contribution in [0.3, 0.4) is 0 Å². The van der Waals surface area contributed by atoms with E-state index in [-0.39, 0.29) is 0 Å². The van der Waals surface area contributed by atoms with Gasteiger partial charge in [0.2, 0.25) is 0 Å². The van der Waals surface area contributed by atoms with E-state index in [9.17, 15) is 0 Å². The number of benzene rings is 4. The summed E-state index contributed by atoms with van der Waals surface area (Å²) in [4.78, 5) is 0. The molecule has 27 heavy (non-hydrogen) atoms. The van der Waals surface area contributed by atoms with Crippen LogP contribution in [0, 0.1) is 0 Å². The molecule has 0 N–H and O–H groups in total. The van der Waals surface area contributed by atoms with Gasteiger partial charge < -0.3 is 0 Å². The van der Waals surface area contributed by atoms with Crippen molar-refractivity contribution in [3.63, 3.8) is 0 Å². The van der Waals surface area contributed by atoms with Crippen LogP contribution in [-0.4, -0.2) is 0 Å². The Morgan fingerprint density at radius 3 is 1.07 bits per heavy atom. The molecule has 0 aliphatic rings. The van der Waals surface area contributed by atoms with Crippen molar-refractivity contribution in [3.8, 4) is 0 Å². The van der Waals surface area contributed by atoms with Crippen LogP contribution in [0.4, 0.5) is 0 Å². The summed E-state index contributed by atoms with van der Waals surface area (Å²) in [5.41, 5.74) is 1.25. The molecule has 0 saturated carbocycles. The Morgan fingerprint density at radius 1 is 0.444 bits per heavy atom. The molecule has 2 heteroatoms. The fraction of sp³-hybridized carbons (Fsp3) is 0.0400. The fourth-order valence-electron chi connectivity index (χ4n) is 3.86. The summed E-state index contributed by atoms with van der Waals surface area (Å²) in [6.45, 7) is 0. The van der Waals surface area contributed by atoms with Crippen molar-refractivity contribution in [3.05, 3.63) is 127 Å². The third-order valence-corrected chi connectivity index (χ3v) is 12.4. The zero-order valence-corrected chi connectivity index (χ0v) is 16.7. The summed E-state index contributed by atoms with van der Waals surface area (Å²) >= 11 is 8.04. The third-order valence-electron chi connectivity index (χ3n) is 5.21. The summed E-state index contributed by atoms with van der Waals surface area (Å²) in [7, 11) is 0. The molecule has 0 radical (unpaired) electrons. The molecule has 0 heterocycles. The van der Waals surface area contributed by atoms with E-state index >= 15 is 0 Å². The quantitative estimate of drug-likeness (QED) is 0.375. The molecule has 4 aromatic rings. The van der Waals surface area contributed by atoms with E-state index in [0.29, 0.717) is 0 Å². The second kappa shape index (κ2) is 7.31. The Hall–Kier alpha value is -2.40. The number of halogens is 1. The van der Waals surface area contributed by atoms with Crippen molar-refractivity contribution >= 4 is 33.1 Å². The van der Waals surface area contributed by atoms with E-state index < -0.39 is 5.96 Å². The maximum absolute atomic E-state index is 8.04. The molecule has 134 valence electrons. The van der Waals surface area contributed by atoms with E-state index in [1.165, 1.54) is 21.5 Å². The molecule has 4 aromatic carbocycles. The molecule has 0 fully saturated rings. The van der Waals surface area contributed by atoms with Gasteiger partial charge in [0, 0.05) is 0 Å². The van der Waals surface area contributed by atoms with Crippen LogP contribution >= 0.6 is 17.2 Å². The van der Waals surface area contributed by atoms with Gasteiger partial charge in [-0.2, -0.15) is 0 Å². The predicted octanol–water partition coefficient (Wildman–Crippen LogP) is 5.87. The minimum absolute atomic E-state index is 0.784. The van der Waals surface area contributed by atoms with Crippen LogP contribution in [0.15, 0.2) is 121 Å². The van der Waals surface area contributed by atoms with Crippen molar-refractivity contribution < 1.29 is 0 Å². The molecule has 0 unspecified atom stereocenters. The van der Waals surface area contributed by atoms with Gasteiger partial charge in [0.1, 0.15) is 0 Å². The molecule has 0 bridgehead atoms. The van der Waals surface area contributed by atoms with Gasteiger partial charge in [0.25, 0.3) is 0 Å². The summed E-state index contributed by atoms with van der Waals surface area (Å²) in [6, 6.07) is 42.5. The van der Waals surface area contributed by atoms with Crippen molar-refractivity contribution in [1.82, 2.24) is 0 Å². The summed E-state index contributed by atoms with van der Waals surface area (Å²) in [5, 5.41) is 3.60. The maximum atomic E-state index is 8.04. The van der Waals surface area contributed by atoms with Gasteiger partial charge in [-0.25, -0.2) is 0 Å². The molecule has 0 aliphatic heterocycles. The first-order chi connectivity index (χ1) is 13.2. The average Bonchev–Trinajstić information content (AvgIpc) is 2.76.